The zero-order chi connectivity index (χ0) is 21.0. The smallest absolute Gasteiger partial charge is 0.256 e. The molecule has 1 heterocycles. The second-order valence-corrected chi connectivity index (χ2v) is 7.57. The van der Waals surface area contributed by atoms with Crippen LogP contribution in [0.3, 0.4) is 0 Å². The summed E-state index contributed by atoms with van der Waals surface area (Å²) in [5, 5.41) is 6.06. The number of hydrogen-bond donors (Lipinski definition) is 2. The normalized spacial score (nSPS) is 16.1. The van der Waals surface area contributed by atoms with Gasteiger partial charge in [0.15, 0.2) is 0 Å². The monoisotopic (exact) mass is 415 g/mol. The van der Waals surface area contributed by atoms with Gasteiger partial charge in [-0.15, -0.1) is 0 Å². The summed E-state index contributed by atoms with van der Waals surface area (Å²) in [7, 11) is 1.99. The molecule has 154 valence electrons. The van der Waals surface area contributed by atoms with Crippen molar-refractivity contribution in [1.82, 2.24) is 10.2 Å². The van der Waals surface area contributed by atoms with Gasteiger partial charge in [0.05, 0.1) is 22.9 Å². The van der Waals surface area contributed by atoms with Crippen molar-refractivity contribution in [2.45, 2.75) is 32.9 Å². The highest BCUT2D eigenvalue weighted by Gasteiger charge is 2.27. The fourth-order valence-electron chi connectivity index (χ4n) is 3.43. The molecule has 2 amide bonds. The van der Waals surface area contributed by atoms with Crippen LogP contribution in [0.5, 0.6) is 5.75 Å². The number of rotatable bonds is 6. The van der Waals surface area contributed by atoms with Gasteiger partial charge in [0.1, 0.15) is 11.9 Å². The molecule has 0 aliphatic carbocycles. The molecule has 2 aromatic rings. The number of likely N-dealkylation sites (N-methyl/N-ethyl adjacent to an activating group) is 1. The Bertz CT molecular complexity index is 916. The maximum absolute atomic E-state index is 13.2. The summed E-state index contributed by atoms with van der Waals surface area (Å²) < 4.78 is 5.79. The van der Waals surface area contributed by atoms with Gasteiger partial charge in [-0.2, -0.15) is 0 Å². The van der Waals surface area contributed by atoms with Crippen LogP contribution in [-0.2, 0) is 11.2 Å². The summed E-state index contributed by atoms with van der Waals surface area (Å²) in [6.45, 7) is 4.69. The number of carbonyl (C=O) groups excluding carboxylic acids is 2. The molecule has 0 saturated heterocycles. The Hall–Kier alpha value is -2.57. The lowest BCUT2D eigenvalue weighted by Gasteiger charge is -2.35. The minimum Gasteiger partial charge on any atom is -0.493 e. The Kier molecular flexibility index (Phi) is 6.77. The number of carbonyl (C=O) groups is 2. The van der Waals surface area contributed by atoms with E-state index in [0.717, 1.165) is 24.9 Å². The second-order valence-electron chi connectivity index (χ2n) is 7.16. The van der Waals surface area contributed by atoms with Crippen molar-refractivity contribution in [3.05, 3.63) is 58.1 Å². The summed E-state index contributed by atoms with van der Waals surface area (Å²) in [5.74, 6) is -0.129. The maximum atomic E-state index is 13.2. The largest absolute Gasteiger partial charge is 0.493 e. The minimum atomic E-state index is -0.277. The van der Waals surface area contributed by atoms with Crippen LogP contribution in [-0.4, -0.2) is 36.9 Å². The van der Waals surface area contributed by atoms with Gasteiger partial charge in [-0.1, -0.05) is 42.8 Å². The molecule has 0 bridgehead atoms. The molecule has 1 aliphatic heterocycles. The number of nitrogens with zero attached hydrogens (tertiary/aromatic N) is 1. The Morgan fingerprint density at radius 2 is 2.03 bits per heavy atom. The number of halogens is 1. The van der Waals surface area contributed by atoms with Crippen LogP contribution in [0, 0.1) is 0 Å². The fraction of sp³-hybridized carbons (Fsp3) is 0.364. The summed E-state index contributed by atoms with van der Waals surface area (Å²) in [4.78, 5) is 26.7. The Labute approximate surface area is 176 Å². The fourth-order valence-corrected chi connectivity index (χ4v) is 3.64. The van der Waals surface area contributed by atoms with E-state index in [1.54, 1.807) is 12.1 Å². The van der Waals surface area contributed by atoms with Crippen molar-refractivity contribution >= 4 is 29.1 Å². The van der Waals surface area contributed by atoms with E-state index in [2.05, 4.69) is 21.6 Å². The SMILES string of the molecule is CCCOc1cc(NC(C)=O)c(Cl)cc1C(=O)NC1c2ccccc2CCN1C. The van der Waals surface area contributed by atoms with Gasteiger partial charge in [-0.3, -0.25) is 14.5 Å². The lowest BCUT2D eigenvalue weighted by Crippen LogP contribution is -2.43. The first kappa shape index (κ1) is 21.1. The van der Waals surface area contributed by atoms with Gasteiger partial charge in [0, 0.05) is 19.5 Å². The molecule has 7 heteroatoms. The van der Waals surface area contributed by atoms with Crippen molar-refractivity contribution in [2.24, 2.45) is 0 Å². The first-order valence-corrected chi connectivity index (χ1v) is 10.1. The molecular weight excluding hydrogens is 390 g/mol. The molecule has 1 atom stereocenters. The third-order valence-electron chi connectivity index (χ3n) is 4.88. The summed E-state index contributed by atoms with van der Waals surface area (Å²) in [6.07, 6.45) is 1.50. The van der Waals surface area contributed by atoms with E-state index in [-0.39, 0.29) is 23.0 Å². The molecule has 0 spiro atoms. The molecular formula is C22H26ClN3O3. The molecule has 1 aliphatic rings. The van der Waals surface area contributed by atoms with E-state index in [9.17, 15) is 9.59 Å². The van der Waals surface area contributed by atoms with Gasteiger partial charge in [0.25, 0.3) is 5.91 Å². The molecule has 2 aromatic carbocycles. The molecule has 29 heavy (non-hydrogen) atoms. The average molecular weight is 416 g/mol. The van der Waals surface area contributed by atoms with Crippen molar-refractivity contribution < 1.29 is 14.3 Å². The predicted molar refractivity (Wildman–Crippen MR) is 115 cm³/mol. The zero-order valence-electron chi connectivity index (χ0n) is 16.9. The van der Waals surface area contributed by atoms with Crippen molar-refractivity contribution in [1.29, 1.82) is 0 Å². The van der Waals surface area contributed by atoms with Gasteiger partial charge < -0.3 is 15.4 Å². The van der Waals surface area contributed by atoms with Gasteiger partial charge in [0.2, 0.25) is 5.91 Å². The molecule has 0 fully saturated rings. The Balaban J connectivity index is 1.92. The number of nitrogens with one attached hydrogen (secondary N) is 2. The number of fused-ring (bicyclic) bond motifs is 1. The second kappa shape index (κ2) is 9.29. The highest BCUT2D eigenvalue weighted by atomic mass is 35.5. The minimum absolute atomic E-state index is 0.236. The molecule has 1 unspecified atom stereocenters. The van der Waals surface area contributed by atoms with Crippen LogP contribution in [0.2, 0.25) is 5.02 Å². The number of hydrogen-bond acceptors (Lipinski definition) is 4. The first-order valence-electron chi connectivity index (χ1n) is 9.73. The highest BCUT2D eigenvalue weighted by molar-refractivity contribution is 6.34. The van der Waals surface area contributed by atoms with E-state index in [0.29, 0.717) is 23.6 Å². The highest BCUT2D eigenvalue weighted by Crippen LogP contribution is 2.33. The average Bonchev–Trinajstić information content (AvgIpc) is 2.69. The number of amides is 2. The van der Waals surface area contributed by atoms with Crippen molar-refractivity contribution in [3.8, 4) is 5.75 Å². The van der Waals surface area contributed by atoms with Crippen LogP contribution in [0.15, 0.2) is 36.4 Å². The number of anilines is 1. The molecule has 0 radical (unpaired) electrons. The third kappa shape index (κ3) is 4.89. The molecule has 3 rings (SSSR count). The van der Waals surface area contributed by atoms with Crippen LogP contribution < -0.4 is 15.4 Å². The van der Waals surface area contributed by atoms with E-state index >= 15 is 0 Å². The van der Waals surface area contributed by atoms with E-state index < -0.39 is 0 Å². The number of benzene rings is 2. The summed E-state index contributed by atoms with van der Waals surface area (Å²) in [5.41, 5.74) is 3.08. The lowest BCUT2D eigenvalue weighted by molar-refractivity contribution is -0.114. The quantitative estimate of drug-likeness (QED) is 0.748. The van der Waals surface area contributed by atoms with Crippen LogP contribution in [0.25, 0.3) is 0 Å². The van der Waals surface area contributed by atoms with Crippen LogP contribution in [0.4, 0.5) is 5.69 Å². The maximum Gasteiger partial charge on any atom is 0.256 e. The molecule has 6 nitrogen and oxygen atoms in total. The molecule has 0 saturated carbocycles. The summed E-state index contributed by atoms with van der Waals surface area (Å²) >= 11 is 6.32. The van der Waals surface area contributed by atoms with Crippen LogP contribution in [0.1, 0.15) is 47.9 Å². The third-order valence-corrected chi connectivity index (χ3v) is 5.19. The van der Waals surface area contributed by atoms with E-state index in [1.165, 1.54) is 12.5 Å². The first-order chi connectivity index (χ1) is 13.9. The number of ether oxygens (including phenoxy) is 1. The predicted octanol–water partition coefficient (Wildman–Crippen LogP) is 4.00. The summed E-state index contributed by atoms with van der Waals surface area (Å²) in [6, 6.07) is 11.3. The van der Waals surface area contributed by atoms with Gasteiger partial charge in [-0.25, -0.2) is 0 Å². The Morgan fingerprint density at radius 3 is 2.76 bits per heavy atom. The topological polar surface area (TPSA) is 70.7 Å². The van der Waals surface area contributed by atoms with Gasteiger partial charge in [-0.05, 0) is 37.1 Å². The lowest BCUT2D eigenvalue weighted by atomic mass is 9.97. The van der Waals surface area contributed by atoms with E-state index in [4.69, 9.17) is 16.3 Å². The molecule has 0 aromatic heterocycles. The standard InChI is InChI=1S/C22H26ClN3O3/c1-4-11-29-20-13-19(24-14(2)27)18(23)12-17(20)22(28)25-21-16-8-6-5-7-15(16)9-10-26(21)3/h5-8,12-13,21H,4,9-11H2,1-3H3,(H,24,27)(H,25,28). The van der Waals surface area contributed by atoms with E-state index in [1.807, 2.05) is 32.2 Å². The van der Waals surface area contributed by atoms with Crippen LogP contribution >= 0.6 is 11.6 Å². The van der Waals surface area contributed by atoms with Crippen molar-refractivity contribution in [3.63, 3.8) is 0 Å². The Morgan fingerprint density at radius 1 is 1.28 bits per heavy atom. The zero-order valence-corrected chi connectivity index (χ0v) is 17.7. The molecule has 2 N–H and O–H groups in total. The van der Waals surface area contributed by atoms with Gasteiger partial charge >= 0.3 is 0 Å². The van der Waals surface area contributed by atoms with Crippen molar-refractivity contribution in [2.75, 3.05) is 25.5 Å².